The standard InChI is InChI=1S/C22H18N4O3S/c1-2-19(27)26-14-9-13(10-15(11-14)29-12-20-24-7-8-30-20)16-3-4-18(22(23)28)21-17(16)5-6-25-21/h2-11,25H,1,12H2,(H2,23,28)(H,26,27). The van der Waals surface area contributed by atoms with Gasteiger partial charge in [-0.1, -0.05) is 12.6 Å². The number of carbonyl (C=O) groups excluding carboxylic acids is 2. The number of hydrogen-bond acceptors (Lipinski definition) is 5. The van der Waals surface area contributed by atoms with Gasteiger partial charge in [-0.3, -0.25) is 9.59 Å². The Morgan fingerprint density at radius 2 is 2.13 bits per heavy atom. The van der Waals surface area contributed by atoms with Crippen LogP contribution in [-0.4, -0.2) is 21.8 Å². The third-order valence-electron chi connectivity index (χ3n) is 4.50. The van der Waals surface area contributed by atoms with E-state index < -0.39 is 5.91 Å². The molecule has 0 saturated carbocycles. The quantitative estimate of drug-likeness (QED) is 0.393. The number of amides is 2. The molecule has 4 aromatic rings. The zero-order valence-electron chi connectivity index (χ0n) is 15.8. The van der Waals surface area contributed by atoms with E-state index in [9.17, 15) is 9.59 Å². The number of ether oxygens (including phenoxy) is 1. The van der Waals surface area contributed by atoms with Crippen LogP contribution in [0.25, 0.3) is 22.0 Å². The van der Waals surface area contributed by atoms with Gasteiger partial charge in [0.1, 0.15) is 17.4 Å². The van der Waals surface area contributed by atoms with Crippen LogP contribution < -0.4 is 15.8 Å². The Morgan fingerprint density at radius 3 is 2.87 bits per heavy atom. The largest absolute Gasteiger partial charge is 0.486 e. The minimum absolute atomic E-state index is 0.316. The fraction of sp³-hybridized carbons (Fsp3) is 0.0455. The molecule has 0 radical (unpaired) electrons. The smallest absolute Gasteiger partial charge is 0.250 e. The second-order valence-corrected chi connectivity index (χ2v) is 7.42. The number of H-pyrrole nitrogens is 1. The highest BCUT2D eigenvalue weighted by Gasteiger charge is 2.14. The Hall–Kier alpha value is -3.91. The number of nitrogens with zero attached hydrogens (tertiary/aromatic N) is 1. The monoisotopic (exact) mass is 418 g/mol. The number of thiazole rings is 1. The summed E-state index contributed by atoms with van der Waals surface area (Å²) >= 11 is 1.50. The van der Waals surface area contributed by atoms with Crippen molar-refractivity contribution in [2.45, 2.75) is 6.61 Å². The number of hydrogen-bond donors (Lipinski definition) is 3. The topological polar surface area (TPSA) is 110 Å². The van der Waals surface area contributed by atoms with Crippen molar-refractivity contribution >= 4 is 39.7 Å². The van der Waals surface area contributed by atoms with E-state index >= 15 is 0 Å². The maximum Gasteiger partial charge on any atom is 0.250 e. The van der Waals surface area contributed by atoms with Gasteiger partial charge in [0.15, 0.2) is 0 Å². The van der Waals surface area contributed by atoms with Crippen molar-refractivity contribution in [3.63, 3.8) is 0 Å². The predicted octanol–water partition coefficient (Wildman–Crippen LogP) is 4.09. The highest BCUT2D eigenvalue weighted by molar-refractivity contribution is 7.09. The molecule has 0 aliphatic heterocycles. The fourth-order valence-corrected chi connectivity index (χ4v) is 3.71. The van der Waals surface area contributed by atoms with Gasteiger partial charge in [0.05, 0.1) is 11.1 Å². The molecule has 2 amide bonds. The summed E-state index contributed by atoms with van der Waals surface area (Å²) < 4.78 is 5.91. The lowest BCUT2D eigenvalue weighted by Gasteiger charge is -2.13. The minimum Gasteiger partial charge on any atom is -0.486 e. The third kappa shape index (κ3) is 3.94. The highest BCUT2D eigenvalue weighted by Crippen LogP contribution is 2.34. The van der Waals surface area contributed by atoms with Crippen molar-refractivity contribution in [3.05, 3.63) is 77.4 Å². The Morgan fingerprint density at radius 1 is 1.27 bits per heavy atom. The molecule has 7 nitrogen and oxygen atoms in total. The molecule has 0 spiro atoms. The van der Waals surface area contributed by atoms with Gasteiger partial charge in [0, 0.05) is 34.9 Å². The number of nitrogens with two attached hydrogens (primary N) is 1. The van der Waals surface area contributed by atoms with Crippen LogP contribution in [0.5, 0.6) is 5.75 Å². The average Bonchev–Trinajstić information content (AvgIpc) is 3.43. The number of primary amides is 1. The van der Waals surface area contributed by atoms with Crippen molar-refractivity contribution in [3.8, 4) is 16.9 Å². The second-order valence-electron chi connectivity index (χ2n) is 6.45. The molecule has 2 aromatic heterocycles. The summed E-state index contributed by atoms with van der Waals surface area (Å²) in [4.78, 5) is 30.9. The van der Waals surface area contributed by atoms with Crippen LogP contribution in [0.15, 0.2) is 66.8 Å². The Balaban J connectivity index is 1.78. The summed E-state index contributed by atoms with van der Waals surface area (Å²) in [6.07, 6.45) is 4.68. The lowest BCUT2D eigenvalue weighted by molar-refractivity contribution is -0.111. The van der Waals surface area contributed by atoms with Gasteiger partial charge in [0.2, 0.25) is 5.91 Å². The molecule has 8 heteroatoms. The summed E-state index contributed by atoms with van der Waals surface area (Å²) in [5.74, 6) is -0.257. The van der Waals surface area contributed by atoms with Crippen molar-refractivity contribution in [2.75, 3.05) is 5.32 Å². The first-order chi connectivity index (χ1) is 14.5. The molecule has 0 unspecified atom stereocenters. The van der Waals surface area contributed by atoms with Gasteiger partial charge in [-0.15, -0.1) is 11.3 Å². The van der Waals surface area contributed by atoms with E-state index in [2.05, 4.69) is 21.9 Å². The Kier molecular flexibility index (Phi) is 5.32. The second kappa shape index (κ2) is 8.22. The number of nitrogens with one attached hydrogen (secondary N) is 2. The number of fused-ring (bicyclic) bond motifs is 1. The maximum atomic E-state index is 11.8. The van der Waals surface area contributed by atoms with E-state index in [4.69, 9.17) is 10.5 Å². The minimum atomic E-state index is -0.506. The highest BCUT2D eigenvalue weighted by atomic mass is 32.1. The number of benzene rings is 2. The van der Waals surface area contributed by atoms with Crippen molar-refractivity contribution in [2.24, 2.45) is 5.73 Å². The molecule has 4 rings (SSSR count). The summed E-state index contributed by atoms with van der Waals surface area (Å²) in [5.41, 5.74) is 8.80. The van der Waals surface area contributed by atoms with Gasteiger partial charge in [-0.05, 0) is 41.5 Å². The molecular weight excluding hydrogens is 400 g/mol. The summed E-state index contributed by atoms with van der Waals surface area (Å²) in [7, 11) is 0. The number of aromatic amines is 1. The SMILES string of the molecule is C=CC(=O)Nc1cc(OCc2nccs2)cc(-c2ccc(C(N)=O)c3[nH]ccc23)c1. The van der Waals surface area contributed by atoms with Gasteiger partial charge in [0.25, 0.3) is 5.91 Å². The van der Waals surface area contributed by atoms with Gasteiger partial charge >= 0.3 is 0 Å². The molecular formula is C22H18N4O3S. The molecule has 2 heterocycles. The van der Waals surface area contributed by atoms with Crippen molar-refractivity contribution in [1.82, 2.24) is 9.97 Å². The van der Waals surface area contributed by atoms with E-state index in [-0.39, 0.29) is 5.91 Å². The Labute approximate surface area is 176 Å². The molecule has 30 heavy (non-hydrogen) atoms. The van der Waals surface area contributed by atoms with Crippen LogP contribution in [-0.2, 0) is 11.4 Å². The van der Waals surface area contributed by atoms with Gasteiger partial charge < -0.3 is 20.8 Å². The van der Waals surface area contributed by atoms with Crippen LogP contribution in [0.1, 0.15) is 15.4 Å². The number of carbonyl (C=O) groups is 2. The molecule has 0 aliphatic carbocycles. The predicted molar refractivity (Wildman–Crippen MR) is 118 cm³/mol. The first kappa shape index (κ1) is 19.4. The molecule has 0 saturated heterocycles. The van der Waals surface area contributed by atoms with Gasteiger partial charge in [-0.2, -0.15) is 0 Å². The van der Waals surface area contributed by atoms with Crippen molar-refractivity contribution in [1.29, 1.82) is 0 Å². The van der Waals surface area contributed by atoms with E-state index in [1.807, 2.05) is 29.6 Å². The normalized spacial score (nSPS) is 10.7. The number of aromatic nitrogens is 2. The molecule has 0 fully saturated rings. The fourth-order valence-electron chi connectivity index (χ4n) is 3.19. The summed E-state index contributed by atoms with van der Waals surface area (Å²) in [6, 6.07) is 10.8. The first-order valence-electron chi connectivity index (χ1n) is 9.05. The first-order valence-corrected chi connectivity index (χ1v) is 9.93. The zero-order chi connectivity index (χ0) is 21.1. The molecule has 0 atom stereocenters. The van der Waals surface area contributed by atoms with E-state index in [0.717, 1.165) is 21.5 Å². The van der Waals surface area contributed by atoms with Crippen LogP contribution in [0.4, 0.5) is 5.69 Å². The molecule has 0 aliphatic rings. The summed E-state index contributed by atoms with van der Waals surface area (Å²) in [5, 5.41) is 6.34. The van der Waals surface area contributed by atoms with E-state index in [1.54, 1.807) is 24.5 Å². The molecule has 150 valence electrons. The lowest BCUT2D eigenvalue weighted by Crippen LogP contribution is -2.11. The molecule has 4 N–H and O–H groups in total. The molecule has 2 aromatic carbocycles. The van der Waals surface area contributed by atoms with Crippen LogP contribution in [0, 0.1) is 0 Å². The van der Waals surface area contributed by atoms with E-state index in [0.29, 0.717) is 29.1 Å². The average molecular weight is 418 g/mol. The zero-order valence-corrected chi connectivity index (χ0v) is 16.7. The number of rotatable bonds is 7. The molecule has 0 bridgehead atoms. The maximum absolute atomic E-state index is 11.8. The van der Waals surface area contributed by atoms with Crippen LogP contribution >= 0.6 is 11.3 Å². The van der Waals surface area contributed by atoms with Crippen LogP contribution in [0.3, 0.4) is 0 Å². The van der Waals surface area contributed by atoms with Gasteiger partial charge in [-0.25, -0.2) is 4.98 Å². The van der Waals surface area contributed by atoms with Crippen LogP contribution in [0.2, 0.25) is 0 Å². The Bertz CT molecular complexity index is 1240. The lowest BCUT2D eigenvalue weighted by atomic mass is 9.98. The van der Waals surface area contributed by atoms with Crippen molar-refractivity contribution < 1.29 is 14.3 Å². The number of anilines is 1. The summed E-state index contributed by atoms with van der Waals surface area (Å²) in [6.45, 7) is 3.81. The third-order valence-corrected chi connectivity index (χ3v) is 5.26. The van der Waals surface area contributed by atoms with E-state index in [1.165, 1.54) is 17.4 Å².